The highest BCUT2D eigenvalue weighted by atomic mass is 16.5. The Kier molecular flexibility index (Phi) is 4.13. The first-order chi connectivity index (χ1) is 12.6. The Morgan fingerprint density at radius 3 is 2.77 bits per heavy atom. The number of methoxy groups -OCH3 is 1. The van der Waals surface area contributed by atoms with Crippen molar-refractivity contribution in [2.45, 2.75) is 38.1 Å². The number of benzene rings is 1. The standard InChI is InChI=1S/C20H25N3O3/c1-21-18(24)16-11-20(8-3-4-9-20)12-23(16)19(25)15-10-13-14(22-15)6-5-7-17(13)26-2/h5-7,10,16,22H,3-4,8-9,11-12H2,1-2H3,(H,21,24)/t16-/m0/s1. The van der Waals surface area contributed by atoms with Crippen molar-refractivity contribution < 1.29 is 14.3 Å². The third kappa shape index (κ3) is 2.64. The molecule has 1 spiro atoms. The van der Waals surface area contributed by atoms with Crippen molar-refractivity contribution in [3.8, 4) is 5.75 Å². The minimum absolute atomic E-state index is 0.0733. The first-order valence-electron chi connectivity index (χ1n) is 9.25. The molecular weight excluding hydrogens is 330 g/mol. The van der Waals surface area contributed by atoms with E-state index in [2.05, 4.69) is 10.3 Å². The van der Waals surface area contributed by atoms with Crippen molar-refractivity contribution in [1.82, 2.24) is 15.2 Å². The topological polar surface area (TPSA) is 74.4 Å². The van der Waals surface area contributed by atoms with Gasteiger partial charge in [0, 0.05) is 24.5 Å². The third-order valence-corrected chi connectivity index (χ3v) is 6.06. The van der Waals surface area contributed by atoms with Gasteiger partial charge in [0.25, 0.3) is 5.91 Å². The highest BCUT2D eigenvalue weighted by molar-refractivity contribution is 6.01. The van der Waals surface area contributed by atoms with Crippen molar-refractivity contribution in [2.24, 2.45) is 5.41 Å². The van der Waals surface area contributed by atoms with Gasteiger partial charge in [0.2, 0.25) is 5.91 Å². The minimum atomic E-state index is -0.390. The third-order valence-electron chi connectivity index (χ3n) is 6.06. The van der Waals surface area contributed by atoms with Crippen LogP contribution in [0.3, 0.4) is 0 Å². The largest absolute Gasteiger partial charge is 0.496 e. The van der Waals surface area contributed by atoms with Crippen molar-refractivity contribution >= 4 is 22.7 Å². The van der Waals surface area contributed by atoms with Crippen LogP contribution in [-0.4, -0.2) is 48.4 Å². The van der Waals surface area contributed by atoms with Crippen LogP contribution in [-0.2, 0) is 4.79 Å². The lowest BCUT2D eigenvalue weighted by atomic mass is 9.84. The molecule has 2 aromatic rings. The average molecular weight is 355 g/mol. The van der Waals surface area contributed by atoms with E-state index in [4.69, 9.17) is 4.74 Å². The van der Waals surface area contributed by atoms with Crippen LogP contribution in [0.25, 0.3) is 10.9 Å². The minimum Gasteiger partial charge on any atom is -0.496 e. The molecule has 0 unspecified atom stereocenters. The Morgan fingerprint density at radius 1 is 1.31 bits per heavy atom. The second-order valence-electron chi connectivity index (χ2n) is 7.58. The molecule has 6 nitrogen and oxygen atoms in total. The highest BCUT2D eigenvalue weighted by Crippen LogP contribution is 2.48. The molecule has 2 heterocycles. The summed E-state index contributed by atoms with van der Waals surface area (Å²) < 4.78 is 5.39. The Balaban J connectivity index is 1.68. The zero-order chi connectivity index (χ0) is 18.3. The van der Waals surface area contributed by atoms with Gasteiger partial charge in [-0.05, 0) is 42.9 Å². The molecule has 0 bridgehead atoms. The number of aromatic amines is 1. The van der Waals surface area contributed by atoms with Crippen molar-refractivity contribution in [3.05, 3.63) is 30.0 Å². The number of rotatable bonds is 3. The Morgan fingerprint density at radius 2 is 2.08 bits per heavy atom. The quantitative estimate of drug-likeness (QED) is 0.889. The van der Waals surface area contributed by atoms with E-state index in [0.717, 1.165) is 35.9 Å². The first-order valence-corrected chi connectivity index (χ1v) is 9.25. The van der Waals surface area contributed by atoms with E-state index in [1.165, 1.54) is 12.8 Å². The number of nitrogens with zero attached hydrogens (tertiary/aromatic N) is 1. The van der Waals surface area contributed by atoms with Gasteiger partial charge in [0.15, 0.2) is 0 Å². The van der Waals surface area contributed by atoms with Gasteiger partial charge >= 0.3 is 0 Å². The van der Waals surface area contributed by atoms with Crippen molar-refractivity contribution in [3.63, 3.8) is 0 Å². The Bertz CT molecular complexity index is 851. The summed E-state index contributed by atoms with van der Waals surface area (Å²) >= 11 is 0. The van der Waals surface area contributed by atoms with E-state index in [1.54, 1.807) is 19.1 Å². The van der Waals surface area contributed by atoms with Gasteiger partial charge < -0.3 is 19.9 Å². The molecular formula is C20H25N3O3. The molecule has 2 fully saturated rings. The fraction of sp³-hybridized carbons (Fsp3) is 0.500. The summed E-state index contributed by atoms with van der Waals surface area (Å²) in [4.78, 5) is 30.7. The Hall–Kier alpha value is -2.50. The van der Waals surface area contributed by atoms with E-state index < -0.39 is 0 Å². The SMILES string of the molecule is CNC(=O)[C@@H]1CC2(CCCC2)CN1C(=O)c1cc2c(OC)cccc2[nH]1. The number of ether oxygens (including phenoxy) is 1. The summed E-state index contributed by atoms with van der Waals surface area (Å²) in [5.74, 6) is 0.547. The smallest absolute Gasteiger partial charge is 0.271 e. The summed E-state index contributed by atoms with van der Waals surface area (Å²) in [6.07, 6.45) is 5.34. The summed E-state index contributed by atoms with van der Waals surface area (Å²) in [5.41, 5.74) is 1.48. The molecule has 1 saturated heterocycles. The van der Waals surface area contributed by atoms with Gasteiger partial charge in [-0.1, -0.05) is 18.9 Å². The molecule has 138 valence electrons. The number of carbonyl (C=O) groups excluding carboxylic acids is 2. The maximum absolute atomic E-state index is 13.3. The molecule has 1 aromatic heterocycles. The number of amides is 2. The number of H-pyrrole nitrogens is 1. The lowest BCUT2D eigenvalue weighted by Crippen LogP contribution is -2.45. The second-order valence-corrected chi connectivity index (χ2v) is 7.58. The molecule has 1 aliphatic carbocycles. The maximum Gasteiger partial charge on any atom is 0.271 e. The van der Waals surface area contributed by atoms with Crippen molar-refractivity contribution in [1.29, 1.82) is 0 Å². The van der Waals surface area contributed by atoms with Gasteiger partial charge in [-0.25, -0.2) is 0 Å². The number of likely N-dealkylation sites (N-methyl/N-ethyl adjacent to an activating group) is 1. The monoisotopic (exact) mass is 355 g/mol. The maximum atomic E-state index is 13.3. The lowest BCUT2D eigenvalue weighted by molar-refractivity contribution is -0.124. The van der Waals surface area contributed by atoms with Crippen LogP contribution in [0.5, 0.6) is 5.75 Å². The van der Waals surface area contributed by atoms with Gasteiger partial charge in [0.05, 0.1) is 7.11 Å². The van der Waals surface area contributed by atoms with Crippen molar-refractivity contribution in [2.75, 3.05) is 20.7 Å². The molecule has 1 saturated carbocycles. The van der Waals surface area contributed by atoms with E-state index in [9.17, 15) is 9.59 Å². The Labute approximate surface area is 152 Å². The van der Waals surface area contributed by atoms with Crippen LogP contribution in [0.15, 0.2) is 24.3 Å². The molecule has 2 amide bonds. The average Bonchev–Trinajstić information content (AvgIpc) is 3.38. The van der Waals surface area contributed by atoms with Crippen LogP contribution in [0, 0.1) is 5.41 Å². The molecule has 0 radical (unpaired) electrons. The number of carbonyl (C=O) groups is 2. The van der Waals surface area contributed by atoms with Crippen LogP contribution >= 0.6 is 0 Å². The number of nitrogens with one attached hydrogen (secondary N) is 2. The van der Waals surface area contributed by atoms with Gasteiger partial charge in [-0.2, -0.15) is 0 Å². The molecule has 1 aliphatic heterocycles. The summed E-state index contributed by atoms with van der Waals surface area (Å²) in [5, 5.41) is 3.61. The molecule has 2 aliphatic rings. The normalized spacial score (nSPS) is 21.5. The molecule has 1 aromatic carbocycles. The summed E-state index contributed by atoms with van der Waals surface area (Å²) in [7, 11) is 3.26. The lowest BCUT2D eigenvalue weighted by Gasteiger charge is -2.24. The number of likely N-dealkylation sites (tertiary alicyclic amines) is 1. The van der Waals surface area contributed by atoms with Gasteiger partial charge in [-0.3, -0.25) is 9.59 Å². The van der Waals surface area contributed by atoms with Crippen LogP contribution in [0.2, 0.25) is 0 Å². The fourth-order valence-corrected chi connectivity index (χ4v) is 4.73. The first kappa shape index (κ1) is 16.9. The van der Waals surface area contributed by atoms with E-state index in [0.29, 0.717) is 12.2 Å². The number of hydrogen-bond acceptors (Lipinski definition) is 3. The predicted octanol–water partition coefficient (Wildman–Crippen LogP) is 2.70. The van der Waals surface area contributed by atoms with E-state index in [1.807, 2.05) is 24.3 Å². The number of hydrogen-bond donors (Lipinski definition) is 2. The molecule has 6 heteroatoms. The fourth-order valence-electron chi connectivity index (χ4n) is 4.73. The van der Waals surface area contributed by atoms with Crippen LogP contribution in [0.1, 0.15) is 42.6 Å². The van der Waals surface area contributed by atoms with Gasteiger partial charge in [0.1, 0.15) is 17.5 Å². The summed E-state index contributed by atoms with van der Waals surface area (Å²) in [6.45, 7) is 0.663. The van der Waals surface area contributed by atoms with Gasteiger partial charge in [-0.15, -0.1) is 0 Å². The molecule has 2 N–H and O–H groups in total. The predicted molar refractivity (Wildman–Crippen MR) is 99.3 cm³/mol. The summed E-state index contributed by atoms with van der Waals surface area (Å²) in [6, 6.07) is 7.13. The highest BCUT2D eigenvalue weighted by Gasteiger charge is 2.49. The van der Waals surface area contributed by atoms with E-state index >= 15 is 0 Å². The zero-order valence-corrected chi connectivity index (χ0v) is 15.3. The van der Waals surface area contributed by atoms with Crippen LogP contribution in [0.4, 0.5) is 0 Å². The second kappa shape index (κ2) is 6.34. The zero-order valence-electron chi connectivity index (χ0n) is 15.3. The molecule has 4 rings (SSSR count). The number of fused-ring (bicyclic) bond motifs is 1. The van der Waals surface area contributed by atoms with Crippen LogP contribution < -0.4 is 10.1 Å². The molecule has 1 atom stereocenters. The molecule has 26 heavy (non-hydrogen) atoms. The number of aromatic nitrogens is 1. The van der Waals surface area contributed by atoms with E-state index in [-0.39, 0.29) is 23.3 Å².